The number of likely N-dealkylation sites (tertiary alicyclic amines) is 1. The van der Waals surface area contributed by atoms with Crippen LogP contribution in [0.15, 0.2) is 18.2 Å². The summed E-state index contributed by atoms with van der Waals surface area (Å²) in [6, 6.07) is 3.89. The van der Waals surface area contributed by atoms with Gasteiger partial charge in [0.2, 0.25) is 0 Å². The van der Waals surface area contributed by atoms with Gasteiger partial charge in [0.1, 0.15) is 6.04 Å². The van der Waals surface area contributed by atoms with E-state index < -0.39 is 18.0 Å². The van der Waals surface area contributed by atoms with Gasteiger partial charge in [-0.1, -0.05) is 23.7 Å². The molecule has 114 valence electrons. The van der Waals surface area contributed by atoms with Gasteiger partial charge in [0.05, 0.1) is 16.8 Å². The average molecular weight is 313 g/mol. The lowest BCUT2D eigenvalue weighted by molar-refractivity contribution is -0.141. The first-order valence-electron chi connectivity index (χ1n) is 6.52. The Hall–Kier alpha value is -1.79. The first-order valence-corrected chi connectivity index (χ1v) is 6.90. The Morgan fingerprint density at radius 2 is 2.19 bits per heavy atom. The number of amides is 2. The first-order chi connectivity index (χ1) is 9.93. The summed E-state index contributed by atoms with van der Waals surface area (Å²) in [5.41, 5.74) is 1.30. The number of anilines is 1. The quantitative estimate of drug-likeness (QED) is 0.898. The Kier molecular flexibility index (Phi) is 4.69. The van der Waals surface area contributed by atoms with E-state index in [0.29, 0.717) is 10.7 Å². The normalized spacial score (nSPS) is 21.4. The molecule has 1 fully saturated rings. The summed E-state index contributed by atoms with van der Waals surface area (Å²) in [6.45, 7) is 2.06. The number of aryl methyl sites for hydroxylation is 1. The Morgan fingerprint density at radius 3 is 2.76 bits per heavy atom. The summed E-state index contributed by atoms with van der Waals surface area (Å²) < 4.78 is 5.16. The van der Waals surface area contributed by atoms with Crippen molar-refractivity contribution in [3.8, 4) is 0 Å². The molecule has 0 bridgehead atoms. The van der Waals surface area contributed by atoms with Gasteiger partial charge in [0.25, 0.3) is 0 Å². The van der Waals surface area contributed by atoms with Gasteiger partial charge in [-0.3, -0.25) is 0 Å². The number of ether oxygens (including phenoxy) is 1. The number of benzene rings is 1. The maximum absolute atomic E-state index is 12.3. The number of urea groups is 1. The standard InChI is InChI=1S/C14H17ClN2O4/c1-8-4-3-5-10(15)12(8)16-14(20)17-7-9(21-2)6-11(17)13(18)19/h3-5,9,11H,6-7H2,1-2H3,(H,16,20)(H,18,19). The van der Waals surface area contributed by atoms with Crippen molar-refractivity contribution < 1.29 is 19.4 Å². The number of aliphatic carboxylic acids is 1. The van der Waals surface area contributed by atoms with Gasteiger partial charge >= 0.3 is 12.0 Å². The van der Waals surface area contributed by atoms with Crippen LogP contribution in [0.1, 0.15) is 12.0 Å². The molecule has 1 heterocycles. The molecule has 2 unspecified atom stereocenters. The molecule has 1 aliphatic rings. The second-order valence-electron chi connectivity index (χ2n) is 4.96. The van der Waals surface area contributed by atoms with E-state index in [1.165, 1.54) is 12.0 Å². The van der Waals surface area contributed by atoms with Gasteiger partial charge in [-0.25, -0.2) is 9.59 Å². The Balaban J connectivity index is 2.17. The van der Waals surface area contributed by atoms with Gasteiger partial charge in [-0.15, -0.1) is 0 Å². The zero-order chi connectivity index (χ0) is 15.6. The highest BCUT2D eigenvalue weighted by Gasteiger charge is 2.40. The number of rotatable bonds is 3. The summed E-state index contributed by atoms with van der Waals surface area (Å²) in [5, 5.41) is 12.3. The smallest absolute Gasteiger partial charge is 0.326 e. The van der Waals surface area contributed by atoms with Crippen LogP contribution < -0.4 is 5.32 Å². The van der Waals surface area contributed by atoms with E-state index in [4.69, 9.17) is 16.3 Å². The van der Waals surface area contributed by atoms with Crippen LogP contribution in [0.25, 0.3) is 0 Å². The number of halogens is 1. The molecule has 1 saturated heterocycles. The second-order valence-corrected chi connectivity index (χ2v) is 5.37. The van der Waals surface area contributed by atoms with Crippen molar-refractivity contribution in [2.24, 2.45) is 0 Å². The fourth-order valence-electron chi connectivity index (χ4n) is 2.40. The van der Waals surface area contributed by atoms with Gasteiger partial charge in [-0.05, 0) is 18.6 Å². The van der Waals surface area contributed by atoms with Crippen LogP contribution in [-0.2, 0) is 9.53 Å². The number of carboxylic acid groups (broad SMARTS) is 1. The molecule has 2 atom stereocenters. The highest BCUT2D eigenvalue weighted by molar-refractivity contribution is 6.33. The maximum Gasteiger partial charge on any atom is 0.326 e. The molecule has 21 heavy (non-hydrogen) atoms. The SMILES string of the molecule is COC1CC(C(=O)O)N(C(=O)Nc2c(C)cccc2Cl)C1. The molecule has 2 N–H and O–H groups in total. The fourth-order valence-corrected chi connectivity index (χ4v) is 2.66. The Labute approximate surface area is 127 Å². The molecule has 1 aliphatic heterocycles. The van der Waals surface area contributed by atoms with Crippen LogP contribution in [0, 0.1) is 6.92 Å². The lowest BCUT2D eigenvalue weighted by Gasteiger charge is -2.22. The summed E-state index contributed by atoms with van der Waals surface area (Å²) >= 11 is 6.06. The van der Waals surface area contributed by atoms with Crippen LogP contribution in [0.3, 0.4) is 0 Å². The minimum Gasteiger partial charge on any atom is -0.480 e. The van der Waals surface area contributed by atoms with Gasteiger partial charge in [0.15, 0.2) is 0 Å². The minimum atomic E-state index is -1.04. The number of nitrogens with zero attached hydrogens (tertiary/aromatic N) is 1. The molecule has 2 amide bonds. The molecule has 0 aromatic heterocycles. The first kappa shape index (κ1) is 15.6. The van der Waals surface area contributed by atoms with Crippen LogP contribution in [0.5, 0.6) is 0 Å². The number of nitrogens with one attached hydrogen (secondary N) is 1. The number of hydrogen-bond donors (Lipinski definition) is 2. The van der Waals surface area contributed by atoms with E-state index in [0.717, 1.165) is 5.56 Å². The van der Waals surface area contributed by atoms with Crippen LogP contribution >= 0.6 is 11.6 Å². The van der Waals surface area contributed by atoms with Crippen LogP contribution in [0.2, 0.25) is 5.02 Å². The van der Waals surface area contributed by atoms with Crippen LogP contribution in [0.4, 0.5) is 10.5 Å². The third-order valence-corrected chi connectivity index (χ3v) is 3.91. The summed E-state index contributed by atoms with van der Waals surface area (Å²) in [4.78, 5) is 24.9. The zero-order valence-electron chi connectivity index (χ0n) is 11.8. The summed E-state index contributed by atoms with van der Waals surface area (Å²) in [5.74, 6) is -1.04. The van der Waals surface area contributed by atoms with E-state index in [-0.39, 0.29) is 19.1 Å². The molecule has 1 aromatic carbocycles. The predicted octanol–water partition coefficient (Wildman–Crippen LogP) is 2.35. The second kappa shape index (κ2) is 6.32. The zero-order valence-corrected chi connectivity index (χ0v) is 12.6. The topological polar surface area (TPSA) is 78.9 Å². The van der Waals surface area contributed by atoms with Crippen molar-refractivity contribution in [3.63, 3.8) is 0 Å². The molecule has 1 aromatic rings. The summed E-state index contributed by atoms with van der Waals surface area (Å²) in [7, 11) is 1.50. The molecular formula is C14H17ClN2O4. The lowest BCUT2D eigenvalue weighted by Crippen LogP contribution is -2.43. The van der Waals surface area contributed by atoms with Gasteiger partial charge in [0, 0.05) is 20.1 Å². The molecule has 0 saturated carbocycles. The number of para-hydroxylation sites is 1. The number of methoxy groups -OCH3 is 1. The van der Waals surface area contributed by atoms with E-state index >= 15 is 0 Å². The Bertz CT molecular complexity index is 544. The van der Waals surface area contributed by atoms with Gasteiger partial charge in [-0.2, -0.15) is 0 Å². The Morgan fingerprint density at radius 1 is 1.48 bits per heavy atom. The van der Waals surface area contributed by atoms with Gasteiger partial charge < -0.3 is 20.1 Å². The third kappa shape index (κ3) is 3.28. The maximum atomic E-state index is 12.3. The van der Waals surface area contributed by atoms with Crippen molar-refractivity contribution in [1.29, 1.82) is 0 Å². The van der Waals surface area contributed by atoms with E-state index in [1.807, 2.05) is 13.0 Å². The molecule has 0 aliphatic carbocycles. The van der Waals surface area contributed by atoms with Crippen molar-refractivity contribution in [2.45, 2.75) is 25.5 Å². The number of carbonyl (C=O) groups excluding carboxylic acids is 1. The van der Waals surface area contributed by atoms with E-state index in [1.54, 1.807) is 12.1 Å². The monoisotopic (exact) mass is 312 g/mol. The number of hydrogen-bond acceptors (Lipinski definition) is 3. The van der Waals surface area contributed by atoms with Crippen LogP contribution in [-0.4, -0.2) is 47.8 Å². The fraction of sp³-hybridized carbons (Fsp3) is 0.429. The predicted molar refractivity (Wildman–Crippen MR) is 78.8 cm³/mol. The largest absolute Gasteiger partial charge is 0.480 e. The highest BCUT2D eigenvalue weighted by Crippen LogP contribution is 2.27. The molecule has 2 rings (SSSR count). The molecule has 6 nitrogen and oxygen atoms in total. The third-order valence-electron chi connectivity index (χ3n) is 3.60. The number of carbonyl (C=O) groups is 2. The summed E-state index contributed by atoms with van der Waals surface area (Å²) in [6.07, 6.45) is 0.00463. The van der Waals surface area contributed by atoms with Crippen molar-refractivity contribution in [1.82, 2.24) is 4.90 Å². The van der Waals surface area contributed by atoms with E-state index in [2.05, 4.69) is 5.32 Å². The molecule has 0 radical (unpaired) electrons. The highest BCUT2D eigenvalue weighted by atomic mass is 35.5. The van der Waals surface area contributed by atoms with E-state index in [9.17, 15) is 14.7 Å². The number of carboxylic acids is 1. The molecule has 7 heteroatoms. The molecular weight excluding hydrogens is 296 g/mol. The minimum absolute atomic E-state index is 0.239. The van der Waals surface area contributed by atoms with Crippen molar-refractivity contribution in [2.75, 3.05) is 19.0 Å². The molecule has 0 spiro atoms. The van der Waals surface area contributed by atoms with Crippen molar-refractivity contribution >= 4 is 29.3 Å². The average Bonchev–Trinajstić information content (AvgIpc) is 2.87. The lowest BCUT2D eigenvalue weighted by atomic mass is 10.2. The van der Waals surface area contributed by atoms with Crippen molar-refractivity contribution in [3.05, 3.63) is 28.8 Å².